The first-order valence-corrected chi connectivity index (χ1v) is 22.2. The van der Waals surface area contributed by atoms with Crippen LogP contribution in [0.3, 0.4) is 0 Å². The molecule has 2 atom stereocenters. The fraction of sp³-hybridized carbons (Fsp3) is 0.810. The molecule has 0 amide bonds. The lowest BCUT2D eigenvalue weighted by Crippen LogP contribution is -2.37. The summed E-state index contributed by atoms with van der Waals surface area (Å²) in [6, 6.07) is 0. The number of ether oxygens (including phenoxy) is 2. The van der Waals surface area contributed by atoms with Crippen molar-refractivity contribution in [1.29, 1.82) is 0 Å². The maximum atomic E-state index is 12.6. The number of rotatable bonds is 37. The van der Waals surface area contributed by atoms with Gasteiger partial charge in [-0.05, 0) is 51.4 Å². The molecule has 0 saturated carbocycles. The monoisotopic (exact) mass is 757 g/mol. The average molecular weight is 757 g/mol. The van der Waals surface area contributed by atoms with E-state index in [1.807, 2.05) is 21.1 Å². The minimum Gasteiger partial charge on any atom is -0.462 e. The number of carbonyl (C=O) groups is 2. The van der Waals surface area contributed by atoms with E-state index in [0.29, 0.717) is 17.4 Å². The van der Waals surface area contributed by atoms with Gasteiger partial charge in [0.15, 0.2) is 6.10 Å². The topological polar surface area (TPSA) is 108 Å². The molecule has 0 bridgehead atoms. The largest absolute Gasteiger partial charge is 0.472 e. The number of nitrogens with zero attached hydrogens (tertiary/aromatic N) is 1. The van der Waals surface area contributed by atoms with Crippen LogP contribution in [0, 0.1) is 0 Å². The predicted octanol–water partition coefficient (Wildman–Crippen LogP) is 11.4. The summed E-state index contributed by atoms with van der Waals surface area (Å²) in [4.78, 5) is 35.2. The summed E-state index contributed by atoms with van der Waals surface area (Å²) in [5.41, 5.74) is 0. The van der Waals surface area contributed by atoms with Crippen molar-refractivity contribution in [3.63, 3.8) is 0 Å². The highest BCUT2D eigenvalue weighted by atomic mass is 31.2. The summed E-state index contributed by atoms with van der Waals surface area (Å²) in [7, 11) is 1.46. The molecule has 304 valence electrons. The van der Waals surface area contributed by atoms with Gasteiger partial charge in [-0.15, -0.1) is 0 Å². The number of likely N-dealkylation sites (N-methyl/N-ethyl adjacent to an activating group) is 1. The SMILES string of the molecule is CCCCC/C=C/C/C=C/C/C=C/CCCCCCC(=O)O[C@H](COC(=O)CCCCCCCCCCCCC)COP(=O)(O)OCC[N+](C)(C)C. The summed E-state index contributed by atoms with van der Waals surface area (Å²) in [5, 5.41) is 0. The molecule has 0 aromatic heterocycles. The fourth-order valence-electron chi connectivity index (χ4n) is 5.37. The van der Waals surface area contributed by atoms with Crippen molar-refractivity contribution in [2.24, 2.45) is 0 Å². The van der Waals surface area contributed by atoms with E-state index < -0.39 is 26.5 Å². The van der Waals surface area contributed by atoms with Gasteiger partial charge in [-0.2, -0.15) is 0 Å². The van der Waals surface area contributed by atoms with Gasteiger partial charge in [0.05, 0.1) is 27.7 Å². The first kappa shape index (κ1) is 50.2. The van der Waals surface area contributed by atoms with Crippen LogP contribution in [0.15, 0.2) is 36.5 Å². The lowest BCUT2D eigenvalue weighted by molar-refractivity contribution is -0.870. The number of unbranched alkanes of at least 4 members (excludes halogenated alkanes) is 17. The van der Waals surface area contributed by atoms with Crippen molar-refractivity contribution in [3.05, 3.63) is 36.5 Å². The molecule has 0 aliphatic carbocycles. The molecule has 0 aromatic rings. The molecule has 0 aliphatic rings. The number of carbonyl (C=O) groups excluding carboxylic acids is 2. The Morgan fingerprint density at radius 1 is 0.596 bits per heavy atom. The molecule has 10 heteroatoms. The van der Waals surface area contributed by atoms with Crippen LogP contribution in [0.5, 0.6) is 0 Å². The van der Waals surface area contributed by atoms with Gasteiger partial charge in [-0.3, -0.25) is 18.6 Å². The van der Waals surface area contributed by atoms with Gasteiger partial charge < -0.3 is 18.9 Å². The number of phosphoric acid groups is 1. The zero-order valence-corrected chi connectivity index (χ0v) is 34.9. The summed E-state index contributed by atoms with van der Waals surface area (Å²) >= 11 is 0. The van der Waals surface area contributed by atoms with Crippen LogP contribution in [-0.4, -0.2) is 74.9 Å². The van der Waals surface area contributed by atoms with Crippen molar-refractivity contribution in [3.8, 4) is 0 Å². The number of allylic oxidation sites excluding steroid dienone is 6. The Bertz CT molecular complexity index is 991. The Balaban J connectivity index is 4.44. The van der Waals surface area contributed by atoms with Crippen molar-refractivity contribution < 1.29 is 42.1 Å². The second-order valence-electron chi connectivity index (χ2n) is 15.0. The molecular formula is C42H79NO8P+. The van der Waals surface area contributed by atoms with Crippen LogP contribution in [0.1, 0.15) is 168 Å². The fourth-order valence-corrected chi connectivity index (χ4v) is 6.11. The highest BCUT2D eigenvalue weighted by molar-refractivity contribution is 7.47. The van der Waals surface area contributed by atoms with Gasteiger partial charge >= 0.3 is 19.8 Å². The highest BCUT2D eigenvalue weighted by Crippen LogP contribution is 2.43. The first-order valence-electron chi connectivity index (χ1n) is 20.7. The molecule has 0 spiro atoms. The summed E-state index contributed by atoms with van der Waals surface area (Å²) in [6.45, 7) is 4.35. The maximum Gasteiger partial charge on any atom is 0.472 e. The van der Waals surface area contributed by atoms with Crippen LogP contribution < -0.4 is 0 Å². The van der Waals surface area contributed by atoms with Gasteiger partial charge in [0.2, 0.25) is 0 Å². The van der Waals surface area contributed by atoms with Gasteiger partial charge in [-0.1, -0.05) is 140 Å². The third-order valence-corrected chi connectivity index (χ3v) is 9.66. The van der Waals surface area contributed by atoms with E-state index in [9.17, 15) is 19.0 Å². The third-order valence-electron chi connectivity index (χ3n) is 8.67. The Kier molecular flexibility index (Phi) is 33.8. The first-order chi connectivity index (χ1) is 25.0. The number of quaternary nitrogens is 1. The maximum absolute atomic E-state index is 12.6. The molecule has 0 fully saturated rings. The molecule has 0 heterocycles. The molecule has 52 heavy (non-hydrogen) atoms. The Morgan fingerprint density at radius 3 is 1.58 bits per heavy atom. The lowest BCUT2D eigenvalue weighted by atomic mass is 10.1. The van der Waals surface area contributed by atoms with Gasteiger partial charge in [-0.25, -0.2) is 4.57 Å². The number of hydrogen-bond donors (Lipinski definition) is 1. The predicted molar refractivity (Wildman–Crippen MR) is 215 cm³/mol. The van der Waals surface area contributed by atoms with E-state index >= 15 is 0 Å². The molecular weight excluding hydrogens is 677 g/mol. The molecule has 0 rings (SSSR count). The Morgan fingerprint density at radius 2 is 1.04 bits per heavy atom. The second-order valence-corrected chi connectivity index (χ2v) is 16.5. The Labute approximate surface area is 319 Å². The van der Waals surface area contributed by atoms with Crippen molar-refractivity contribution in [1.82, 2.24) is 0 Å². The summed E-state index contributed by atoms with van der Waals surface area (Å²) in [5.74, 6) is -0.824. The average Bonchev–Trinajstić information content (AvgIpc) is 3.09. The third kappa shape index (κ3) is 38.0. The Hall–Kier alpha value is -1.77. The van der Waals surface area contributed by atoms with E-state index in [-0.39, 0.29) is 32.0 Å². The van der Waals surface area contributed by atoms with Crippen molar-refractivity contribution in [2.75, 3.05) is 47.5 Å². The van der Waals surface area contributed by atoms with Crippen LogP contribution in [0.25, 0.3) is 0 Å². The van der Waals surface area contributed by atoms with E-state index in [4.69, 9.17) is 18.5 Å². The van der Waals surface area contributed by atoms with Crippen LogP contribution in [-0.2, 0) is 32.7 Å². The molecule has 0 aliphatic heterocycles. The zero-order valence-electron chi connectivity index (χ0n) is 34.0. The minimum atomic E-state index is -4.37. The molecule has 0 saturated heterocycles. The molecule has 0 radical (unpaired) electrons. The second kappa shape index (κ2) is 35.0. The van der Waals surface area contributed by atoms with Gasteiger partial charge in [0.1, 0.15) is 19.8 Å². The van der Waals surface area contributed by atoms with E-state index in [0.717, 1.165) is 57.8 Å². The quantitative estimate of drug-likeness (QED) is 0.0219. The van der Waals surface area contributed by atoms with Crippen molar-refractivity contribution in [2.45, 2.75) is 174 Å². The standard InChI is InChI=1S/C42H78NO8P/c1-6-8-10-12-14-16-18-19-20-21-22-23-25-27-29-31-33-35-42(45)51-40(39-50-52(46,47)49-37-36-43(3,4)5)38-48-41(44)34-32-30-28-26-24-17-15-13-11-9-7-2/h14,16,19-20,22-23,40H,6-13,15,17-18,21,24-39H2,1-5H3/p+1/b16-14+,20-19+,23-22+/t40-/m1/s1. The molecule has 0 aromatic carbocycles. The number of esters is 2. The van der Waals surface area contributed by atoms with E-state index in [1.165, 1.54) is 77.0 Å². The molecule has 1 unspecified atom stereocenters. The minimum absolute atomic E-state index is 0.0274. The highest BCUT2D eigenvalue weighted by Gasteiger charge is 2.27. The van der Waals surface area contributed by atoms with Crippen LogP contribution in [0.2, 0.25) is 0 Å². The van der Waals surface area contributed by atoms with Crippen molar-refractivity contribution >= 4 is 19.8 Å². The summed E-state index contributed by atoms with van der Waals surface area (Å²) < 4.78 is 34.2. The molecule has 9 nitrogen and oxygen atoms in total. The van der Waals surface area contributed by atoms with E-state index in [2.05, 4.69) is 50.3 Å². The molecule has 1 N–H and O–H groups in total. The number of phosphoric ester groups is 1. The normalized spacial score (nSPS) is 14.0. The van der Waals surface area contributed by atoms with Gasteiger partial charge in [0, 0.05) is 12.8 Å². The zero-order chi connectivity index (χ0) is 38.6. The summed E-state index contributed by atoms with van der Waals surface area (Å²) in [6.07, 6.45) is 37.6. The number of hydrogen-bond acceptors (Lipinski definition) is 7. The van der Waals surface area contributed by atoms with Crippen LogP contribution in [0.4, 0.5) is 0 Å². The van der Waals surface area contributed by atoms with Gasteiger partial charge in [0.25, 0.3) is 0 Å². The smallest absolute Gasteiger partial charge is 0.462 e. The van der Waals surface area contributed by atoms with E-state index in [1.54, 1.807) is 0 Å². The van der Waals surface area contributed by atoms with Crippen LogP contribution >= 0.6 is 7.82 Å². The lowest BCUT2D eigenvalue weighted by Gasteiger charge is -2.24.